The Hall–Kier alpha value is -0.120. The zero-order chi connectivity index (χ0) is 9.49. The van der Waals surface area contributed by atoms with Gasteiger partial charge in [0.15, 0.2) is 11.6 Å². The molecule has 3 nitrogen and oxygen atoms in total. The van der Waals surface area contributed by atoms with Gasteiger partial charge < -0.3 is 14.2 Å². The minimum Gasteiger partial charge on any atom is -0.350 e. The van der Waals surface area contributed by atoms with E-state index in [0.29, 0.717) is 0 Å². The van der Waals surface area contributed by atoms with Gasteiger partial charge in [0.25, 0.3) is 0 Å². The van der Waals surface area contributed by atoms with Crippen LogP contribution in [0.15, 0.2) is 0 Å². The summed E-state index contributed by atoms with van der Waals surface area (Å²) in [5, 5.41) is 0. The van der Waals surface area contributed by atoms with E-state index in [1.54, 1.807) is 0 Å². The first-order valence-corrected chi connectivity index (χ1v) is 5.81. The lowest BCUT2D eigenvalue weighted by Crippen LogP contribution is -2.39. The first kappa shape index (κ1) is 9.13. The van der Waals surface area contributed by atoms with Gasteiger partial charge in [-0.3, -0.25) is 0 Å². The molecule has 3 heterocycles. The summed E-state index contributed by atoms with van der Waals surface area (Å²) in [5.74, 6) is -0.542. The maximum atomic E-state index is 6.09. The van der Waals surface area contributed by atoms with Gasteiger partial charge in [0.2, 0.25) is 0 Å². The van der Waals surface area contributed by atoms with Crippen LogP contribution in [-0.4, -0.2) is 24.8 Å². The zero-order valence-corrected chi connectivity index (χ0v) is 8.59. The smallest absolute Gasteiger partial charge is 0.172 e. The van der Waals surface area contributed by atoms with Crippen LogP contribution >= 0.6 is 0 Å². The molecule has 3 rings (SSSR count). The van der Waals surface area contributed by atoms with Crippen molar-refractivity contribution in [3.8, 4) is 0 Å². The highest BCUT2D eigenvalue weighted by molar-refractivity contribution is 4.90. The molecule has 0 amide bonds. The second-order valence-corrected chi connectivity index (χ2v) is 4.68. The summed E-state index contributed by atoms with van der Waals surface area (Å²) in [5.41, 5.74) is 0. The average Bonchev–Trinajstić information content (AvgIpc) is 2.78. The summed E-state index contributed by atoms with van der Waals surface area (Å²) in [7, 11) is 0. The van der Waals surface area contributed by atoms with Crippen LogP contribution in [0.2, 0.25) is 0 Å². The average molecular weight is 198 g/mol. The molecule has 80 valence electrons. The van der Waals surface area contributed by atoms with Crippen molar-refractivity contribution in [3.05, 3.63) is 0 Å². The summed E-state index contributed by atoms with van der Waals surface area (Å²) in [6.45, 7) is 1.71. The number of ether oxygens (including phenoxy) is 3. The third kappa shape index (κ3) is 1.38. The lowest BCUT2D eigenvalue weighted by molar-refractivity contribution is -0.317. The van der Waals surface area contributed by atoms with E-state index in [9.17, 15) is 0 Å². The Morgan fingerprint density at radius 2 is 1.29 bits per heavy atom. The third-order valence-corrected chi connectivity index (χ3v) is 3.64. The highest BCUT2D eigenvalue weighted by Gasteiger charge is 2.52. The fraction of sp³-hybridized carbons (Fsp3) is 1.00. The van der Waals surface area contributed by atoms with Gasteiger partial charge in [-0.2, -0.15) is 0 Å². The molecule has 0 bridgehead atoms. The molecule has 2 spiro atoms. The molecule has 0 aromatic rings. The van der Waals surface area contributed by atoms with E-state index in [1.165, 1.54) is 12.8 Å². The summed E-state index contributed by atoms with van der Waals surface area (Å²) < 4.78 is 17.6. The van der Waals surface area contributed by atoms with Crippen LogP contribution in [0, 0.1) is 0 Å². The van der Waals surface area contributed by atoms with Crippen molar-refractivity contribution in [2.45, 2.75) is 56.5 Å². The van der Waals surface area contributed by atoms with Gasteiger partial charge in [0.05, 0.1) is 13.2 Å². The molecule has 0 N–H and O–H groups in total. The Bertz CT molecular complexity index is 215. The van der Waals surface area contributed by atoms with Gasteiger partial charge in [0.1, 0.15) is 0 Å². The Morgan fingerprint density at radius 1 is 0.643 bits per heavy atom. The summed E-state index contributed by atoms with van der Waals surface area (Å²) >= 11 is 0. The fourth-order valence-electron chi connectivity index (χ4n) is 2.88. The Kier molecular flexibility index (Phi) is 2.08. The molecular formula is C11H18O3. The van der Waals surface area contributed by atoms with Crippen LogP contribution in [0.5, 0.6) is 0 Å². The largest absolute Gasteiger partial charge is 0.350 e. The second kappa shape index (κ2) is 3.19. The van der Waals surface area contributed by atoms with Crippen LogP contribution in [0.4, 0.5) is 0 Å². The maximum Gasteiger partial charge on any atom is 0.172 e. The first-order valence-electron chi connectivity index (χ1n) is 5.81. The molecule has 2 atom stereocenters. The lowest BCUT2D eigenvalue weighted by Gasteiger charge is -2.35. The molecular weight excluding hydrogens is 180 g/mol. The standard InChI is InChI=1S/C11H18O3/c1-2-8-12-10(4-1)6-7-11(14-10)5-3-9-13-11/h1-9H2. The molecule has 2 unspecified atom stereocenters. The van der Waals surface area contributed by atoms with Crippen molar-refractivity contribution in [3.63, 3.8) is 0 Å². The van der Waals surface area contributed by atoms with Crippen LogP contribution in [0.3, 0.4) is 0 Å². The third-order valence-electron chi connectivity index (χ3n) is 3.64. The highest BCUT2D eigenvalue weighted by Crippen LogP contribution is 2.48. The van der Waals surface area contributed by atoms with Crippen molar-refractivity contribution >= 4 is 0 Å². The van der Waals surface area contributed by atoms with Crippen molar-refractivity contribution in [1.29, 1.82) is 0 Å². The molecule has 0 saturated carbocycles. The normalized spacial score (nSPS) is 48.0. The molecule has 0 aliphatic carbocycles. The molecule has 0 radical (unpaired) electrons. The quantitative estimate of drug-likeness (QED) is 0.597. The molecule has 3 heteroatoms. The van der Waals surface area contributed by atoms with Gasteiger partial charge in [-0.05, 0) is 19.3 Å². The van der Waals surface area contributed by atoms with Crippen molar-refractivity contribution in [1.82, 2.24) is 0 Å². The van der Waals surface area contributed by atoms with E-state index in [0.717, 1.165) is 45.3 Å². The van der Waals surface area contributed by atoms with E-state index in [1.807, 2.05) is 0 Å². The van der Waals surface area contributed by atoms with Gasteiger partial charge in [-0.25, -0.2) is 0 Å². The predicted octanol–water partition coefficient (Wildman–Crippen LogP) is 2.20. The zero-order valence-electron chi connectivity index (χ0n) is 8.59. The summed E-state index contributed by atoms with van der Waals surface area (Å²) in [6.07, 6.45) is 7.70. The lowest BCUT2D eigenvalue weighted by atomic mass is 10.0. The molecule has 14 heavy (non-hydrogen) atoms. The summed E-state index contributed by atoms with van der Waals surface area (Å²) in [6, 6.07) is 0. The minimum atomic E-state index is -0.275. The second-order valence-electron chi connectivity index (χ2n) is 4.68. The molecule has 0 aromatic carbocycles. The molecule has 3 aliphatic rings. The monoisotopic (exact) mass is 198 g/mol. The van der Waals surface area contributed by atoms with Crippen LogP contribution in [0.25, 0.3) is 0 Å². The van der Waals surface area contributed by atoms with Crippen molar-refractivity contribution < 1.29 is 14.2 Å². The molecule has 0 aromatic heterocycles. The van der Waals surface area contributed by atoms with E-state index < -0.39 is 0 Å². The topological polar surface area (TPSA) is 27.7 Å². The Labute approximate surface area is 84.7 Å². The van der Waals surface area contributed by atoms with Gasteiger partial charge in [-0.15, -0.1) is 0 Å². The van der Waals surface area contributed by atoms with E-state index in [2.05, 4.69) is 0 Å². The van der Waals surface area contributed by atoms with Crippen molar-refractivity contribution in [2.24, 2.45) is 0 Å². The van der Waals surface area contributed by atoms with Crippen LogP contribution in [-0.2, 0) is 14.2 Å². The molecule has 3 fully saturated rings. The predicted molar refractivity (Wildman–Crippen MR) is 50.8 cm³/mol. The van der Waals surface area contributed by atoms with Gasteiger partial charge in [-0.1, -0.05) is 0 Å². The van der Waals surface area contributed by atoms with E-state index >= 15 is 0 Å². The fourth-order valence-corrected chi connectivity index (χ4v) is 2.88. The van der Waals surface area contributed by atoms with Gasteiger partial charge in [0, 0.05) is 25.7 Å². The van der Waals surface area contributed by atoms with E-state index in [4.69, 9.17) is 14.2 Å². The maximum absolute atomic E-state index is 6.09. The molecule has 3 aliphatic heterocycles. The number of hydrogen-bond acceptors (Lipinski definition) is 3. The van der Waals surface area contributed by atoms with Crippen molar-refractivity contribution in [2.75, 3.05) is 13.2 Å². The minimum absolute atomic E-state index is 0.267. The van der Waals surface area contributed by atoms with Crippen LogP contribution < -0.4 is 0 Å². The number of rotatable bonds is 0. The van der Waals surface area contributed by atoms with Gasteiger partial charge >= 0.3 is 0 Å². The SMILES string of the molecule is C1CCC2(CCC3(CCCO3)O2)OC1. The Balaban J connectivity index is 1.73. The first-order chi connectivity index (χ1) is 6.83. The summed E-state index contributed by atoms with van der Waals surface area (Å²) in [4.78, 5) is 0. The molecule has 3 saturated heterocycles. The Morgan fingerprint density at radius 3 is 1.79 bits per heavy atom. The highest BCUT2D eigenvalue weighted by atomic mass is 16.8. The van der Waals surface area contributed by atoms with Crippen LogP contribution in [0.1, 0.15) is 44.9 Å². The van der Waals surface area contributed by atoms with E-state index in [-0.39, 0.29) is 11.6 Å². The number of hydrogen-bond donors (Lipinski definition) is 0.